The number of rotatable bonds is 2. The Bertz CT molecular complexity index is 860. The fourth-order valence-electron chi connectivity index (χ4n) is 3.24. The van der Waals surface area contributed by atoms with Crippen LogP contribution in [0.2, 0.25) is 0 Å². The summed E-state index contributed by atoms with van der Waals surface area (Å²) in [6.45, 7) is 2.64. The second-order valence-corrected chi connectivity index (χ2v) is 7.35. The van der Waals surface area contributed by atoms with E-state index >= 15 is 0 Å². The first kappa shape index (κ1) is 16.0. The van der Waals surface area contributed by atoms with Crippen molar-refractivity contribution in [1.29, 1.82) is 0 Å². The number of anilines is 1. The third-order valence-corrected chi connectivity index (χ3v) is 5.29. The molecule has 2 amide bonds. The molecule has 1 aromatic carbocycles. The quantitative estimate of drug-likeness (QED) is 0.896. The molecule has 1 N–H and O–H groups in total. The van der Waals surface area contributed by atoms with E-state index in [0.29, 0.717) is 12.3 Å². The van der Waals surface area contributed by atoms with Gasteiger partial charge in [0, 0.05) is 12.2 Å². The molecule has 1 aromatic heterocycles. The third-order valence-electron chi connectivity index (χ3n) is 4.41. The minimum atomic E-state index is -0.135. The monoisotopic (exact) mass is 355 g/mol. The van der Waals surface area contributed by atoms with Gasteiger partial charge in [-0.3, -0.25) is 9.59 Å². The number of amides is 2. The van der Waals surface area contributed by atoms with Crippen LogP contribution in [0.15, 0.2) is 46.1 Å². The number of furan rings is 1. The highest BCUT2D eigenvalue weighted by Crippen LogP contribution is 2.31. The number of fused-ring (bicyclic) bond motifs is 1. The van der Waals surface area contributed by atoms with Gasteiger partial charge >= 0.3 is 0 Å². The van der Waals surface area contributed by atoms with Crippen LogP contribution in [0, 0.1) is 0 Å². The van der Waals surface area contributed by atoms with Crippen LogP contribution < -0.4 is 10.3 Å². The third kappa shape index (κ3) is 2.95. The van der Waals surface area contributed by atoms with E-state index in [1.807, 2.05) is 19.1 Å². The summed E-state index contributed by atoms with van der Waals surface area (Å²) >= 11 is 1.23. The summed E-state index contributed by atoms with van der Waals surface area (Å²) in [4.78, 5) is 25.8. The summed E-state index contributed by atoms with van der Waals surface area (Å²) in [5.41, 5.74) is 6.37. The highest BCUT2D eigenvalue weighted by Gasteiger charge is 2.27. The van der Waals surface area contributed by atoms with Gasteiger partial charge < -0.3 is 9.32 Å². The summed E-state index contributed by atoms with van der Waals surface area (Å²) in [5.74, 6) is 0.228. The predicted octanol–water partition coefficient (Wildman–Crippen LogP) is 3.42. The number of aryl methyl sites for hydroxylation is 1. The molecule has 0 saturated carbocycles. The summed E-state index contributed by atoms with van der Waals surface area (Å²) in [5, 5.41) is 4.07. The van der Waals surface area contributed by atoms with Gasteiger partial charge in [0.2, 0.25) is 0 Å². The van der Waals surface area contributed by atoms with Gasteiger partial charge in [0.15, 0.2) is 5.76 Å². The van der Waals surface area contributed by atoms with Crippen molar-refractivity contribution in [3.63, 3.8) is 0 Å². The fourth-order valence-corrected chi connectivity index (χ4v) is 3.96. The first-order valence-electron chi connectivity index (χ1n) is 8.16. The number of benzene rings is 1. The van der Waals surface area contributed by atoms with E-state index in [1.165, 1.54) is 18.0 Å². The first-order chi connectivity index (χ1) is 12.1. The van der Waals surface area contributed by atoms with Gasteiger partial charge in [-0.25, -0.2) is 5.43 Å². The van der Waals surface area contributed by atoms with Crippen molar-refractivity contribution < 1.29 is 14.0 Å². The topological polar surface area (TPSA) is 74.9 Å². The molecule has 1 atom stereocenters. The molecule has 25 heavy (non-hydrogen) atoms. The Kier molecular flexibility index (Phi) is 4.09. The Labute approximate surface area is 149 Å². The van der Waals surface area contributed by atoms with E-state index in [4.69, 9.17) is 4.42 Å². The van der Waals surface area contributed by atoms with Crippen molar-refractivity contribution >= 4 is 34.3 Å². The molecule has 6 nitrogen and oxygen atoms in total. The predicted molar refractivity (Wildman–Crippen MR) is 97.3 cm³/mol. The molecule has 0 saturated heterocycles. The van der Waals surface area contributed by atoms with Crippen LogP contribution in [0.1, 0.15) is 35.0 Å². The standard InChI is InChI=1S/C18H17N3O3S/c1-11-16(19-20-18(23)25-11)13-6-7-14-12(10-13)4-2-8-21(14)17(22)15-5-3-9-24-15/h3,5-7,9-11H,2,4,8H2,1H3,(H,20,23). The molecule has 2 aromatic rings. The van der Waals surface area contributed by atoms with E-state index in [-0.39, 0.29) is 16.4 Å². The van der Waals surface area contributed by atoms with Crippen molar-refractivity contribution in [1.82, 2.24) is 5.43 Å². The van der Waals surface area contributed by atoms with Crippen LogP contribution in [-0.2, 0) is 6.42 Å². The molecule has 3 heterocycles. The molecular weight excluding hydrogens is 338 g/mol. The molecule has 2 aliphatic rings. The summed E-state index contributed by atoms with van der Waals surface area (Å²) < 4.78 is 5.25. The maximum Gasteiger partial charge on any atom is 0.299 e. The zero-order chi connectivity index (χ0) is 17.4. The Morgan fingerprint density at radius 2 is 2.28 bits per heavy atom. The normalized spacial score (nSPS) is 19.9. The average molecular weight is 355 g/mol. The number of hydrogen-bond acceptors (Lipinski definition) is 5. The van der Waals surface area contributed by atoms with Gasteiger partial charge in [-0.15, -0.1) is 0 Å². The summed E-state index contributed by atoms with van der Waals surface area (Å²) in [6.07, 6.45) is 3.32. The number of hydrazone groups is 1. The molecule has 1 unspecified atom stereocenters. The molecule has 2 aliphatic heterocycles. The van der Waals surface area contributed by atoms with Gasteiger partial charge in [0.1, 0.15) is 0 Å². The van der Waals surface area contributed by atoms with Crippen molar-refractivity contribution in [2.45, 2.75) is 25.0 Å². The average Bonchev–Trinajstić information content (AvgIpc) is 3.15. The molecule has 4 rings (SSSR count). The van der Waals surface area contributed by atoms with E-state index in [2.05, 4.69) is 16.6 Å². The minimum Gasteiger partial charge on any atom is -0.459 e. The van der Waals surface area contributed by atoms with E-state index in [1.54, 1.807) is 17.0 Å². The lowest BCUT2D eigenvalue weighted by Crippen LogP contribution is -2.35. The Morgan fingerprint density at radius 1 is 1.40 bits per heavy atom. The molecule has 0 fully saturated rings. The van der Waals surface area contributed by atoms with Crippen molar-refractivity contribution in [3.8, 4) is 0 Å². The second kappa shape index (κ2) is 6.40. The van der Waals surface area contributed by atoms with Crippen LogP contribution in [0.25, 0.3) is 0 Å². The lowest BCUT2D eigenvalue weighted by molar-refractivity contribution is 0.0958. The Balaban J connectivity index is 1.67. The van der Waals surface area contributed by atoms with Crippen LogP contribution in [0.4, 0.5) is 10.5 Å². The van der Waals surface area contributed by atoms with Gasteiger partial charge in [0.25, 0.3) is 11.1 Å². The summed E-state index contributed by atoms with van der Waals surface area (Å²) in [6, 6.07) is 9.39. The number of thioether (sulfide) groups is 1. The lowest BCUT2D eigenvalue weighted by atomic mass is 9.96. The van der Waals surface area contributed by atoms with Gasteiger partial charge in [0.05, 0.1) is 17.2 Å². The van der Waals surface area contributed by atoms with Crippen LogP contribution in [0.5, 0.6) is 0 Å². The molecule has 7 heteroatoms. The number of hydrogen-bond donors (Lipinski definition) is 1. The molecule has 0 radical (unpaired) electrons. The molecule has 0 spiro atoms. The Morgan fingerprint density at radius 3 is 3.04 bits per heavy atom. The van der Waals surface area contributed by atoms with Gasteiger partial charge in [-0.2, -0.15) is 5.10 Å². The second-order valence-electron chi connectivity index (χ2n) is 6.04. The first-order valence-corrected chi connectivity index (χ1v) is 9.04. The fraction of sp³-hybridized carbons (Fsp3) is 0.278. The number of nitrogens with one attached hydrogen (secondary N) is 1. The number of nitrogens with zero attached hydrogens (tertiary/aromatic N) is 2. The number of carbonyl (C=O) groups is 2. The maximum atomic E-state index is 12.7. The zero-order valence-electron chi connectivity index (χ0n) is 13.7. The lowest BCUT2D eigenvalue weighted by Gasteiger charge is -2.29. The van der Waals surface area contributed by atoms with Crippen molar-refractivity contribution in [2.75, 3.05) is 11.4 Å². The molecule has 0 bridgehead atoms. The molecule has 128 valence electrons. The number of carbonyl (C=O) groups excluding carboxylic acids is 2. The van der Waals surface area contributed by atoms with E-state index < -0.39 is 0 Å². The molecular formula is C18H17N3O3S. The van der Waals surface area contributed by atoms with Crippen molar-refractivity contribution in [3.05, 3.63) is 53.5 Å². The summed E-state index contributed by atoms with van der Waals surface area (Å²) in [7, 11) is 0. The van der Waals surface area contributed by atoms with Gasteiger partial charge in [-0.05, 0) is 55.2 Å². The zero-order valence-corrected chi connectivity index (χ0v) is 14.5. The molecule has 0 aliphatic carbocycles. The maximum absolute atomic E-state index is 12.7. The smallest absolute Gasteiger partial charge is 0.299 e. The van der Waals surface area contributed by atoms with Crippen LogP contribution in [-0.4, -0.2) is 28.7 Å². The van der Waals surface area contributed by atoms with Crippen LogP contribution >= 0.6 is 11.8 Å². The Hall–Kier alpha value is -2.54. The minimum absolute atomic E-state index is 0.00348. The van der Waals surface area contributed by atoms with Crippen LogP contribution in [0.3, 0.4) is 0 Å². The van der Waals surface area contributed by atoms with Gasteiger partial charge in [-0.1, -0.05) is 17.8 Å². The highest BCUT2D eigenvalue weighted by molar-refractivity contribution is 8.14. The van der Waals surface area contributed by atoms with E-state index in [9.17, 15) is 9.59 Å². The van der Waals surface area contributed by atoms with E-state index in [0.717, 1.165) is 35.4 Å². The largest absolute Gasteiger partial charge is 0.459 e. The highest BCUT2D eigenvalue weighted by atomic mass is 32.2. The van der Waals surface area contributed by atoms with Crippen molar-refractivity contribution in [2.24, 2.45) is 5.10 Å². The SMILES string of the molecule is CC1SC(=O)NN=C1c1ccc2c(c1)CCCN2C(=O)c1ccco1.